The van der Waals surface area contributed by atoms with Gasteiger partial charge in [0.15, 0.2) is 0 Å². The Balaban J connectivity index is 2.48. The number of aromatic nitrogens is 1. The van der Waals surface area contributed by atoms with Crippen LogP contribution in [0.2, 0.25) is 0 Å². The Morgan fingerprint density at radius 1 is 1.00 bits per heavy atom. The fraction of sp³-hybridized carbons (Fsp3) is 0. The van der Waals surface area contributed by atoms with Crippen LogP contribution in [0.15, 0.2) is 47.4 Å². The molecule has 0 radical (unpaired) electrons. The Hall–Kier alpha value is -1.35. The topological polar surface area (TPSA) is 12.9 Å². The highest BCUT2D eigenvalue weighted by Crippen LogP contribution is 2.19. The molecule has 70 valence electrons. The van der Waals surface area contributed by atoms with Crippen LogP contribution in [0.4, 0.5) is 4.39 Å². The van der Waals surface area contributed by atoms with Crippen molar-refractivity contribution in [2.45, 2.75) is 4.90 Å². The highest BCUT2D eigenvalue weighted by Gasteiger charge is 2.02. The van der Waals surface area contributed by atoms with E-state index in [-0.39, 0.29) is 4.90 Å². The summed E-state index contributed by atoms with van der Waals surface area (Å²) in [5.41, 5.74) is 1.53. The predicted molar refractivity (Wildman–Crippen MR) is 56.9 cm³/mol. The van der Waals surface area contributed by atoms with E-state index in [1.54, 1.807) is 12.1 Å². The van der Waals surface area contributed by atoms with Crippen molar-refractivity contribution >= 4 is 12.6 Å². The Labute approximate surface area is 87.0 Å². The van der Waals surface area contributed by atoms with E-state index < -0.39 is 5.95 Å². The highest BCUT2D eigenvalue weighted by atomic mass is 32.1. The second-order valence-corrected chi connectivity index (χ2v) is 3.35. The molecule has 0 fully saturated rings. The van der Waals surface area contributed by atoms with Gasteiger partial charge >= 0.3 is 0 Å². The van der Waals surface area contributed by atoms with Crippen LogP contribution in [-0.2, 0) is 0 Å². The minimum Gasteiger partial charge on any atom is -0.219 e. The molecule has 0 aliphatic rings. The zero-order chi connectivity index (χ0) is 9.97. The minimum absolute atomic E-state index is 0.268. The Morgan fingerprint density at radius 3 is 2.36 bits per heavy atom. The highest BCUT2D eigenvalue weighted by molar-refractivity contribution is 7.80. The van der Waals surface area contributed by atoms with E-state index in [0.717, 1.165) is 5.56 Å². The van der Waals surface area contributed by atoms with Gasteiger partial charge in [-0.3, -0.25) is 0 Å². The maximum Gasteiger partial charge on any atom is 0.226 e. The van der Waals surface area contributed by atoms with Gasteiger partial charge in [0.2, 0.25) is 5.95 Å². The fourth-order valence-electron chi connectivity index (χ4n) is 1.20. The molecule has 1 nitrogen and oxygen atoms in total. The lowest BCUT2D eigenvalue weighted by Gasteiger charge is -2.01. The summed E-state index contributed by atoms with van der Waals surface area (Å²) in [7, 11) is 0. The number of thiol groups is 1. The van der Waals surface area contributed by atoms with Crippen molar-refractivity contribution in [1.29, 1.82) is 0 Å². The predicted octanol–water partition coefficient (Wildman–Crippen LogP) is 3.18. The molecule has 0 saturated heterocycles. The molecule has 2 aromatic rings. The summed E-state index contributed by atoms with van der Waals surface area (Å²) in [6.07, 6.45) is 0. The minimum atomic E-state index is -0.533. The number of rotatable bonds is 1. The molecule has 0 unspecified atom stereocenters. The molecule has 0 N–H and O–H groups in total. The van der Waals surface area contributed by atoms with Crippen molar-refractivity contribution < 1.29 is 4.39 Å². The lowest BCUT2D eigenvalue weighted by Crippen LogP contribution is -1.88. The summed E-state index contributed by atoms with van der Waals surface area (Å²) >= 11 is 3.92. The molecule has 0 bridgehead atoms. The van der Waals surface area contributed by atoms with Crippen LogP contribution < -0.4 is 0 Å². The van der Waals surface area contributed by atoms with Crippen LogP contribution in [0.1, 0.15) is 0 Å². The monoisotopic (exact) mass is 205 g/mol. The summed E-state index contributed by atoms with van der Waals surface area (Å²) in [5, 5.41) is 0. The largest absolute Gasteiger partial charge is 0.226 e. The van der Waals surface area contributed by atoms with E-state index in [4.69, 9.17) is 0 Å². The van der Waals surface area contributed by atoms with Gasteiger partial charge in [-0.15, -0.1) is 12.6 Å². The van der Waals surface area contributed by atoms with Crippen molar-refractivity contribution in [2.24, 2.45) is 0 Å². The fourth-order valence-corrected chi connectivity index (χ4v) is 1.32. The van der Waals surface area contributed by atoms with Crippen molar-refractivity contribution in [3.8, 4) is 11.3 Å². The molecule has 0 saturated carbocycles. The lowest BCUT2D eigenvalue weighted by molar-refractivity contribution is 0.559. The third-order valence-corrected chi connectivity index (χ3v) is 2.23. The average molecular weight is 205 g/mol. The summed E-state index contributed by atoms with van der Waals surface area (Å²) in [6, 6.07) is 12.8. The molecule has 0 aliphatic carbocycles. The van der Waals surface area contributed by atoms with E-state index in [1.807, 2.05) is 30.3 Å². The number of halogens is 1. The first kappa shape index (κ1) is 9.21. The zero-order valence-electron chi connectivity index (χ0n) is 7.31. The van der Waals surface area contributed by atoms with Crippen LogP contribution in [0.3, 0.4) is 0 Å². The second kappa shape index (κ2) is 3.80. The van der Waals surface area contributed by atoms with Crippen molar-refractivity contribution in [3.05, 3.63) is 48.4 Å². The molecule has 0 spiro atoms. The van der Waals surface area contributed by atoms with Gasteiger partial charge in [0.25, 0.3) is 0 Å². The number of nitrogens with zero attached hydrogens (tertiary/aromatic N) is 1. The van der Waals surface area contributed by atoms with Gasteiger partial charge < -0.3 is 0 Å². The first-order valence-corrected chi connectivity index (χ1v) is 4.63. The molecule has 0 aliphatic heterocycles. The van der Waals surface area contributed by atoms with Crippen LogP contribution >= 0.6 is 12.6 Å². The SMILES string of the molecule is Fc1nc(-c2ccccc2)ccc1S. The van der Waals surface area contributed by atoms with Crippen LogP contribution in [0, 0.1) is 5.95 Å². The maximum absolute atomic E-state index is 13.1. The Kier molecular flexibility index (Phi) is 2.50. The van der Waals surface area contributed by atoms with E-state index >= 15 is 0 Å². The smallest absolute Gasteiger partial charge is 0.219 e. The number of pyridine rings is 1. The molecule has 0 atom stereocenters. The summed E-state index contributed by atoms with van der Waals surface area (Å²) in [6.45, 7) is 0. The molecule has 1 aromatic carbocycles. The summed E-state index contributed by atoms with van der Waals surface area (Å²) < 4.78 is 13.1. The summed E-state index contributed by atoms with van der Waals surface area (Å²) in [5.74, 6) is -0.533. The van der Waals surface area contributed by atoms with Gasteiger partial charge in [-0.1, -0.05) is 30.3 Å². The molecule has 1 heterocycles. The number of benzene rings is 1. The average Bonchev–Trinajstić information content (AvgIpc) is 2.23. The van der Waals surface area contributed by atoms with Crippen molar-refractivity contribution in [2.75, 3.05) is 0 Å². The molecule has 3 heteroatoms. The van der Waals surface area contributed by atoms with Crippen LogP contribution in [0.25, 0.3) is 11.3 Å². The normalized spacial score (nSPS) is 10.1. The zero-order valence-corrected chi connectivity index (χ0v) is 8.21. The van der Waals surface area contributed by atoms with E-state index in [0.29, 0.717) is 5.69 Å². The lowest BCUT2D eigenvalue weighted by atomic mass is 10.1. The van der Waals surface area contributed by atoms with E-state index in [9.17, 15) is 4.39 Å². The number of hydrogen-bond donors (Lipinski definition) is 1. The summed E-state index contributed by atoms with van der Waals surface area (Å²) in [4.78, 5) is 4.07. The van der Waals surface area contributed by atoms with Gasteiger partial charge in [-0.05, 0) is 12.1 Å². The van der Waals surface area contributed by atoms with Gasteiger partial charge in [0.05, 0.1) is 10.6 Å². The van der Waals surface area contributed by atoms with Gasteiger partial charge in [-0.2, -0.15) is 4.39 Å². The van der Waals surface area contributed by atoms with E-state index in [2.05, 4.69) is 17.6 Å². The molecular formula is C11H8FNS. The molecule has 0 amide bonds. The maximum atomic E-state index is 13.1. The Morgan fingerprint density at radius 2 is 1.71 bits per heavy atom. The van der Waals surface area contributed by atoms with Crippen molar-refractivity contribution in [3.63, 3.8) is 0 Å². The van der Waals surface area contributed by atoms with Crippen molar-refractivity contribution in [1.82, 2.24) is 4.98 Å². The van der Waals surface area contributed by atoms with E-state index in [1.165, 1.54) is 0 Å². The van der Waals surface area contributed by atoms with Crippen LogP contribution in [-0.4, -0.2) is 4.98 Å². The first-order chi connectivity index (χ1) is 6.77. The van der Waals surface area contributed by atoms with Crippen LogP contribution in [0.5, 0.6) is 0 Å². The third-order valence-electron chi connectivity index (χ3n) is 1.90. The first-order valence-electron chi connectivity index (χ1n) is 4.18. The molecule has 1 aromatic heterocycles. The standard InChI is InChI=1S/C11H8FNS/c12-11-10(14)7-6-9(13-11)8-4-2-1-3-5-8/h1-7,14H. The molecular weight excluding hydrogens is 197 g/mol. The van der Waals surface area contributed by atoms with Gasteiger partial charge in [-0.25, -0.2) is 4.98 Å². The second-order valence-electron chi connectivity index (χ2n) is 2.87. The molecule has 2 rings (SSSR count). The third kappa shape index (κ3) is 1.77. The quantitative estimate of drug-likeness (QED) is 0.557. The number of hydrogen-bond acceptors (Lipinski definition) is 2. The molecule has 14 heavy (non-hydrogen) atoms. The Bertz CT molecular complexity index is 442. The van der Waals surface area contributed by atoms with Gasteiger partial charge in [0.1, 0.15) is 0 Å². The van der Waals surface area contributed by atoms with Gasteiger partial charge in [0, 0.05) is 5.56 Å².